The maximum absolute atomic E-state index is 15.5. The van der Waals surface area contributed by atoms with Gasteiger partial charge in [-0.3, -0.25) is 14.2 Å². The largest absolute Gasteiger partial charge is 0.462 e. The predicted molar refractivity (Wildman–Crippen MR) is 108 cm³/mol. The Morgan fingerprint density at radius 2 is 1.77 bits per heavy atom. The summed E-state index contributed by atoms with van der Waals surface area (Å²) in [6.45, 7) is 9.80. The van der Waals surface area contributed by atoms with E-state index in [1.807, 2.05) is 0 Å². The number of aromatic nitrogens is 4. The summed E-state index contributed by atoms with van der Waals surface area (Å²) in [6, 6.07) is 0. The van der Waals surface area contributed by atoms with Crippen molar-refractivity contribution in [3.05, 3.63) is 12.7 Å². The molecule has 1 fully saturated rings. The Bertz CT molecular complexity index is 980. The highest BCUT2D eigenvalue weighted by Crippen LogP contribution is 2.37. The molecule has 1 aliphatic heterocycles. The van der Waals surface area contributed by atoms with E-state index in [9.17, 15) is 9.59 Å². The van der Waals surface area contributed by atoms with Gasteiger partial charge in [0.1, 0.15) is 24.6 Å². The molecule has 2 aromatic rings. The van der Waals surface area contributed by atoms with Crippen molar-refractivity contribution < 1.29 is 28.2 Å². The molecule has 0 bridgehead atoms. The van der Waals surface area contributed by atoms with Crippen LogP contribution in [0.2, 0.25) is 0 Å². The van der Waals surface area contributed by atoms with E-state index in [0.29, 0.717) is 5.52 Å². The van der Waals surface area contributed by atoms with Crippen molar-refractivity contribution in [3.63, 3.8) is 0 Å². The maximum Gasteiger partial charge on any atom is 0.311 e. The number of nitrogens with two attached hydrogens (primary N) is 1. The minimum Gasteiger partial charge on any atom is -0.462 e. The van der Waals surface area contributed by atoms with Crippen LogP contribution >= 0.6 is 0 Å². The van der Waals surface area contributed by atoms with Gasteiger partial charge in [-0.2, -0.15) is 0 Å². The third-order valence-corrected chi connectivity index (χ3v) is 4.77. The van der Waals surface area contributed by atoms with Crippen molar-refractivity contribution >= 4 is 28.9 Å². The average Bonchev–Trinajstić information content (AvgIpc) is 3.21. The highest BCUT2D eigenvalue weighted by molar-refractivity contribution is 5.81. The molecule has 0 aliphatic carbocycles. The van der Waals surface area contributed by atoms with E-state index >= 15 is 4.39 Å². The number of imidazole rings is 1. The summed E-state index contributed by atoms with van der Waals surface area (Å²) in [5.74, 6) is -0.938. The smallest absolute Gasteiger partial charge is 0.311 e. The second-order valence-corrected chi connectivity index (χ2v) is 9.56. The lowest BCUT2D eigenvalue weighted by Crippen LogP contribution is -2.40. The van der Waals surface area contributed by atoms with Crippen LogP contribution in [0.3, 0.4) is 0 Å². The Hall–Kier alpha value is -2.82. The van der Waals surface area contributed by atoms with Crippen molar-refractivity contribution in [1.29, 1.82) is 0 Å². The lowest BCUT2D eigenvalue weighted by atomic mass is 9.97. The fourth-order valence-electron chi connectivity index (χ4n) is 2.92. The van der Waals surface area contributed by atoms with Gasteiger partial charge in [-0.15, -0.1) is 0 Å². The molecule has 0 spiro atoms. The molecule has 1 aliphatic rings. The number of alkyl halides is 1. The first-order valence-corrected chi connectivity index (χ1v) is 9.91. The van der Waals surface area contributed by atoms with Gasteiger partial charge < -0.3 is 19.9 Å². The zero-order valence-corrected chi connectivity index (χ0v) is 18.5. The number of anilines is 1. The molecule has 0 amide bonds. The molecule has 0 unspecified atom stereocenters. The molecule has 0 saturated carbocycles. The number of hydrogen-bond donors (Lipinski definition) is 1. The molecule has 3 heterocycles. The van der Waals surface area contributed by atoms with Crippen LogP contribution in [0.4, 0.5) is 10.2 Å². The average molecular weight is 437 g/mol. The summed E-state index contributed by atoms with van der Waals surface area (Å²) in [5.41, 5.74) is 4.77. The number of fused-ring (bicyclic) bond motifs is 1. The van der Waals surface area contributed by atoms with Crippen LogP contribution in [0.1, 0.15) is 47.8 Å². The third kappa shape index (κ3) is 4.60. The molecule has 31 heavy (non-hydrogen) atoms. The van der Waals surface area contributed by atoms with Crippen LogP contribution in [0.5, 0.6) is 0 Å². The lowest BCUT2D eigenvalue weighted by Gasteiger charge is -2.25. The number of rotatable bonds is 4. The zero-order valence-electron chi connectivity index (χ0n) is 18.5. The SMILES string of the molecule is CC(C)(C)C(=O)OC[C@H]1O[C@@H](n2cnc3c(N)ncnc32)[C@H](F)[C@@H]1OC(=O)C(C)(C)C. The minimum absolute atomic E-state index is 0.142. The van der Waals surface area contributed by atoms with Crippen LogP contribution in [0.25, 0.3) is 11.2 Å². The second kappa shape index (κ2) is 8.03. The number of hydrogen-bond acceptors (Lipinski definition) is 9. The number of ether oxygens (including phenoxy) is 3. The molecule has 4 atom stereocenters. The zero-order chi connectivity index (χ0) is 23.1. The van der Waals surface area contributed by atoms with Gasteiger partial charge in [-0.25, -0.2) is 19.3 Å². The summed E-state index contributed by atoms with van der Waals surface area (Å²) in [6.07, 6.45) is -2.72. The highest BCUT2D eigenvalue weighted by atomic mass is 19.1. The Balaban J connectivity index is 1.89. The molecule has 170 valence electrons. The molecule has 3 rings (SSSR count). The van der Waals surface area contributed by atoms with Crippen LogP contribution in [0, 0.1) is 10.8 Å². The quantitative estimate of drug-likeness (QED) is 0.715. The number of halogens is 1. The van der Waals surface area contributed by atoms with Gasteiger partial charge in [0.25, 0.3) is 0 Å². The van der Waals surface area contributed by atoms with Crippen molar-refractivity contribution in [2.75, 3.05) is 12.3 Å². The molecule has 10 nitrogen and oxygen atoms in total. The highest BCUT2D eigenvalue weighted by Gasteiger charge is 2.50. The number of carbonyl (C=O) groups is 2. The normalized spacial score (nSPS) is 24.4. The number of nitrogens with zero attached hydrogens (tertiary/aromatic N) is 4. The maximum atomic E-state index is 15.5. The van der Waals surface area contributed by atoms with Gasteiger partial charge in [0.2, 0.25) is 0 Å². The Morgan fingerprint density at radius 1 is 1.13 bits per heavy atom. The van der Waals surface area contributed by atoms with E-state index in [4.69, 9.17) is 19.9 Å². The molecule has 0 aromatic carbocycles. The standard InChI is InChI=1S/C20H28FN5O5/c1-19(2,3)17(27)29-7-10-13(31-18(28)20(4,5)6)11(21)16(30-10)26-9-25-12-14(22)23-8-24-15(12)26/h8-11,13,16H,7H2,1-6H3,(H2,22,23,24)/t10-,11-,13-,16-/m1/s1. The summed E-state index contributed by atoms with van der Waals surface area (Å²) < 4.78 is 33.5. The van der Waals surface area contributed by atoms with E-state index < -0.39 is 47.4 Å². The van der Waals surface area contributed by atoms with Gasteiger partial charge in [0, 0.05) is 0 Å². The van der Waals surface area contributed by atoms with Crippen molar-refractivity contribution in [2.45, 2.75) is 66.1 Å². The second-order valence-electron chi connectivity index (χ2n) is 9.56. The first-order chi connectivity index (χ1) is 14.3. The fraction of sp³-hybridized carbons (Fsp3) is 0.650. The molecule has 0 radical (unpaired) electrons. The van der Waals surface area contributed by atoms with E-state index in [2.05, 4.69) is 15.0 Å². The van der Waals surface area contributed by atoms with Crippen LogP contribution in [-0.4, -0.2) is 56.4 Å². The van der Waals surface area contributed by atoms with Crippen LogP contribution in [-0.2, 0) is 23.8 Å². The van der Waals surface area contributed by atoms with Gasteiger partial charge >= 0.3 is 11.9 Å². The lowest BCUT2D eigenvalue weighted by molar-refractivity contribution is -0.168. The Kier molecular flexibility index (Phi) is 5.92. The van der Waals surface area contributed by atoms with Gasteiger partial charge in [-0.1, -0.05) is 0 Å². The van der Waals surface area contributed by atoms with E-state index in [1.54, 1.807) is 41.5 Å². The van der Waals surface area contributed by atoms with Crippen molar-refractivity contribution in [2.24, 2.45) is 10.8 Å². The number of carbonyl (C=O) groups excluding carboxylic acids is 2. The van der Waals surface area contributed by atoms with Crippen LogP contribution in [0.15, 0.2) is 12.7 Å². The van der Waals surface area contributed by atoms with Gasteiger partial charge in [-0.05, 0) is 41.5 Å². The first kappa shape index (κ1) is 22.9. The Morgan fingerprint density at radius 3 is 2.39 bits per heavy atom. The first-order valence-electron chi connectivity index (χ1n) is 9.91. The third-order valence-electron chi connectivity index (χ3n) is 4.77. The number of nitrogen functional groups attached to an aromatic ring is 1. The minimum atomic E-state index is -1.77. The molecule has 1 saturated heterocycles. The number of esters is 2. The summed E-state index contributed by atoms with van der Waals surface area (Å²) in [4.78, 5) is 36.7. The summed E-state index contributed by atoms with van der Waals surface area (Å²) in [7, 11) is 0. The summed E-state index contributed by atoms with van der Waals surface area (Å²) >= 11 is 0. The molecule has 2 N–H and O–H groups in total. The molecule has 2 aromatic heterocycles. The van der Waals surface area contributed by atoms with Crippen molar-refractivity contribution in [1.82, 2.24) is 19.5 Å². The summed E-state index contributed by atoms with van der Waals surface area (Å²) in [5, 5.41) is 0. The molecule has 11 heteroatoms. The fourth-order valence-corrected chi connectivity index (χ4v) is 2.92. The van der Waals surface area contributed by atoms with Crippen LogP contribution < -0.4 is 5.73 Å². The Labute approximate surface area is 179 Å². The van der Waals surface area contributed by atoms with Gasteiger partial charge in [0.05, 0.1) is 17.2 Å². The van der Waals surface area contributed by atoms with E-state index in [-0.39, 0.29) is 18.1 Å². The van der Waals surface area contributed by atoms with E-state index in [1.165, 1.54) is 17.2 Å². The topological polar surface area (TPSA) is 131 Å². The van der Waals surface area contributed by atoms with E-state index in [0.717, 1.165) is 0 Å². The predicted octanol–water partition coefficient (Wildman–Crippen LogP) is 2.19. The van der Waals surface area contributed by atoms with Gasteiger partial charge in [0.15, 0.2) is 30.0 Å². The molecular weight excluding hydrogens is 409 g/mol. The monoisotopic (exact) mass is 437 g/mol. The van der Waals surface area contributed by atoms with Crippen molar-refractivity contribution in [3.8, 4) is 0 Å². The molecular formula is C20H28FN5O5.